The van der Waals surface area contributed by atoms with E-state index in [0.717, 1.165) is 43.4 Å². The van der Waals surface area contributed by atoms with Crippen LogP contribution in [-0.4, -0.2) is 66.5 Å². The SMILES string of the molecule is CN1CCN(c2nncc(Nc3ccc4c(c3)OCCO4)n2)CC1. The standard InChI is InChI=1S/C16H20N6O2/c1-21-4-6-22(7-5-21)16-19-15(11-17-20-16)18-12-2-3-13-14(10-12)24-9-8-23-13/h2-3,10-11H,4-9H2,1H3,(H,18,19,20). The first-order valence-electron chi connectivity index (χ1n) is 8.08. The highest BCUT2D eigenvalue weighted by Crippen LogP contribution is 2.33. The second-order valence-electron chi connectivity index (χ2n) is 5.92. The highest BCUT2D eigenvalue weighted by molar-refractivity contribution is 5.61. The molecule has 24 heavy (non-hydrogen) atoms. The molecule has 1 saturated heterocycles. The quantitative estimate of drug-likeness (QED) is 0.899. The number of hydrogen-bond donors (Lipinski definition) is 1. The normalized spacial score (nSPS) is 17.6. The second kappa shape index (κ2) is 6.48. The van der Waals surface area contributed by atoms with Crippen molar-refractivity contribution in [3.05, 3.63) is 24.4 Å². The lowest BCUT2D eigenvalue weighted by atomic mass is 10.2. The first-order valence-corrected chi connectivity index (χ1v) is 8.08. The second-order valence-corrected chi connectivity index (χ2v) is 5.92. The summed E-state index contributed by atoms with van der Waals surface area (Å²) in [4.78, 5) is 9.03. The Balaban J connectivity index is 1.49. The average Bonchev–Trinajstić information content (AvgIpc) is 2.62. The molecule has 126 valence electrons. The summed E-state index contributed by atoms with van der Waals surface area (Å²) < 4.78 is 11.1. The van der Waals surface area contributed by atoms with Crippen LogP contribution in [0, 0.1) is 0 Å². The molecule has 2 aliphatic rings. The molecule has 1 fully saturated rings. The fourth-order valence-corrected chi connectivity index (χ4v) is 2.76. The van der Waals surface area contributed by atoms with Crippen molar-refractivity contribution >= 4 is 17.5 Å². The lowest BCUT2D eigenvalue weighted by Crippen LogP contribution is -2.45. The van der Waals surface area contributed by atoms with Crippen LogP contribution in [0.15, 0.2) is 24.4 Å². The van der Waals surface area contributed by atoms with E-state index in [9.17, 15) is 0 Å². The van der Waals surface area contributed by atoms with Crippen molar-refractivity contribution in [3.63, 3.8) is 0 Å². The van der Waals surface area contributed by atoms with Crippen molar-refractivity contribution in [3.8, 4) is 11.5 Å². The number of ether oxygens (including phenoxy) is 2. The van der Waals surface area contributed by atoms with Gasteiger partial charge in [0, 0.05) is 37.9 Å². The number of nitrogens with zero attached hydrogens (tertiary/aromatic N) is 5. The van der Waals surface area contributed by atoms with Crippen molar-refractivity contribution in [2.45, 2.75) is 0 Å². The number of rotatable bonds is 3. The largest absolute Gasteiger partial charge is 0.486 e. The molecular formula is C16H20N6O2. The molecule has 1 N–H and O–H groups in total. The zero-order chi connectivity index (χ0) is 16.4. The van der Waals surface area contributed by atoms with Gasteiger partial charge in [-0.25, -0.2) is 0 Å². The van der Waals surface area contributed by atoms with Gasteiger partial charge in [0.25, 0.3) is 0 Å². The first-order chi connectivity index (χ1) is 11.8. The smallest absolute Gasteiger partial charge is 0.247 e. The Morgan fingerprint density at radius 2 is 1.83 bits per heavy atom. The Morgan fingerprint density at radius 1 is 1.04 bits per heavy atom. The van der Waals surface area contributed by atoms with Gasteiger partial charge in [0.15, 0.2) is 17.3 Å². The van der Waals surface area contributed by atoms with Crippen LogP contribution in [-0.2, 0) is 0 Å². The van der Waals surface area contributed by atoms with E-state index in [-0.39, 0.29) is 0 Å². The summed E-state index contributed by atoms with van der Waals surface area (Å²) in [7, 11) is 2.12. The van der Waals surface area contributed by atoms with Crippen LogP contribution < -0.4 is 19.7 Å². The van der Waals surface area contributed by atoms with Crippen LogP contribution in [0.25, 0.3) is 0 Å². The van der Waals surface area contributed by atoms with Crippen LogP contribution >= 0.6 is 0 Å². The number of aromatic nitrogens is 3. The van der Waals surface area contributed by atoms with Crippen molar-refractivity contribution in [1.82, 2.24) is 20.1 Å². The van der Waals surface area contributed by atoms with Crippen LogP contribution in [0.4, 0.5) is 17.5 Å². The van der Waals surface area contributed by atoms with E-state index >= 15 is 0 Å². The summed E-state index contributed by atoms with van der Waals surface area (Å²) in [5.74, 6) is 2.83. The van der Waals surface area contributed by atoms with E-state index in [0.29, 0.717) is 25.0 Å². The summed E-state index contributed by atoms with van der Waals surface area (Å²) in [5, 5.41) is 11.5. The van der Waals surface area contributed by atoms with Gasteiger partial charge >= 0.3 is 0 Å². The molecule has 8 heteroatoms. The highest BCUT2D eigenvalue weighted by Gasteiger charge is 2.17. The number of hydrogen-bond acceptors (Lipinski definition) is 8. The van der Waals surface area contributed by atoms with Crippen molar-refractivity contribution in [2.75, 3.05) is 56.7 Å². The molecule has 0 unspecified atom stereocenters. The molecule has 0 saturated carbocycles. The summed E-state index contributed by atoms with van der Waals surface area (Å²) in [6, 6.07) is 5.74. The van der Waals surface area contributed by atoms with Gasteiger partial charge < -0.3 is 24.6 Å². The minimum atomic E-state index is 0.569. The number of likely N-dealkylation sites (N-methyl/N-ethyl adjacent to an activating group) is 1. The Labute approximate surface area is 140 Å². The van der Waals surface area contributed by atoms with Crippen LogP contribution in [0.3, 0.4) is 0 Å². The van der Waals surface area contributed by atoms with E-state index < -0.39 is 0 Å². The molecule has 2 aromatic rings. The van der Waals surface area contributed by atoms with Gasteiger partial charge in [-0.3, -0.25) is 0 Å². The molecule has 0 aliphatic carbocycles. The van der Waals surface area contributed by atoms with E-state index in [1.165, 1.54) is 0 Å². The average molecular weight is 328 g/mol. The third kappa shape index (κ3) is 3.18. The van der Waals surface area contributed by atoms with Gasteiger partial charge in [-0.2, -0.15) is 10.1 Å². The molecule has 0 atom stereocenters. The third-order valence-electron chi connectivity index (χ3n) is 4.15. The fourth-order valence-electron chi connectivity index (χ4n) is 2.76. The molecule has 1 aromatic carbocycles. The van der Waals surface area contributed by atoms with Gasteiger partial charge in [0.1, 0.15) is 13.2 Å². The molecule has 0 spiro atoms. The van der Waals surface area contributed by atoms with E-state index in [2.05, 4.69) is 37.3 Å². The zero-order valence-electron chi connectivity index (χ0n) is 13.6. The van der Waals surface area contributed by atoms with Gasteiger partial charge in [0.2, 0.25) is 5.95 Å². The summed E-state index contributed by atoms with van der Waals surface area (Å²) in [5.41, 5.74) is 0.879. The maximum atomic E-state index is 5.60. The Bertz CT molecular complexity index is 717. The number of benzene rings is 1. The first kappa shape index (κ1) is 14.9. The van der Waals surface area contributed by atoms with Crippen LogP contribution in [0.5, 0.6) is 11.5 Å². The van der Waals surface area contributed by atoms with E-state index in [1.54, 1.807) is 6.20 Å². The highest BCUT2D eigenvalue weighted by atomic mass is 16.6. The summed E-state index contributed by atoms with van der Waals surface area (Å²) in [6.07, 6.45) is 1.62. The Hall–Kier alpha value is -2.61. The molecule has 4 rings (SSSR count). The fraction of sp³-hybridized carbons (Fsp3) is 0.438. The van der Waals surface area contributed by atoms with Gasteiger partial charge in [0.05, 0.1) is 6.20 Å². The third-order valence-corrected chi connectivity index (χ3v) is 4.15. The molecule has 0 radical (unpaired) electrons. The Morgan fingerprint density at radius 3 is 2.67 bits per heavy atom. The molecule has 1 aromatic heterocycles. The Kier molecular flexibility index (Phi) is 4.04. The van der Waals surface area contributed by atoms with Gasteiger partial charge in [-0.1, -0.05) is 0 Å². The number of fused-ring (bicyclic) bond motifs is 1. The molecule has 0 bridgehead atoms. The topological polar surface area (TPSA) is 75.6 Å². The van der Waals surface area contributed by atoms with Crippen LogP contribution in [0.2, 0.25) is 0 Å². The summed E-state index contributed by atoms with van der Waals surface area (Å²) in [6.45, 7) is 4.98. The summed E-state index contributed by atoms with van der Waals surface area (Å²) >= 11 is 0. The van der Waals surface area contributed by atoms with Crippen molar-refractivity contribution in [1.29, 1.82) is 0 Å². The maximum Gasteiger partial charge on any atom is 0.247 e. The van der Waals surface area contributed by atoms with Gasteiger partial charge in [-0.05, 0) is 19.2 Å². The molecule has 8 nitrogen and oxygen atoms in total. The predicted octanol–water partition coefficient (Wildman–Crippen LogP) is 1.14. The molecule has 0 amide bonds. The number of anilines is 3. The molecular weight excluding hydrogens is 308 g/mol. The number of piperazine rings is 1. The predicted molar refractivity (Wildman–Crippen MR) is 90.3 cm³/mol. The van der Waals surface area contributed by atoms with Crippen molar-refractivity contribution < 1.29 is 9.47 Å². The van der Waals surface area contributed by atoms with Crippen LogP contribution in [0.1, 0.15) is 0 Å². The minimum absolute atomic E-state index is 0.569. The van der Waals surface area contributed by atoms with Crippen molar-refractivity contribution in [2.24, 2.45) is 0 Å². The lowest BCUT2D eigenvalue weighted by molar-refractivity contribution is 0.171. The van der Waals surface area contributed by atoms with E-state index in [4.69, 9.17) is 9.47 Å². The van der Waals surface area contributed by atoms with Gasteiger partial charge in [-0.15, -0.1) is 5.10 Å². The minimum Gasteiger partial charge on any atom is -0.486 e. The number of nitrogens with one attached hydrogen (secondary N) is 1. The maximum absolute atomic E-state index is 5.60. The molecule has 2 aliphatic heterocycles. The lowest BCUT2D eigenvalue weighted by Gasteiger charge is -2.32. The monoisotopic (exact) mass is 328 g/mol. The van der Waals surface area contributed by atoms with E-state index in [1.807, 2.05) is 18.2 Å². The zero-order valence-corrected chi connectivity index (χ0v) is 13.6. The molecule has 3 heterocycles.